The molecule has 2 saturated heterocycles. The highest BCUT2D eigenvalue weighted by molar-refractivity contribution is 6.30. The van der Waals surface area contributed by atoms with Gasteiger partial charge < -0.3 is 28.7 Å². The fourth-order valence-corrected chi connectivity index (χ4v) is 5.60. The molecule has 11 nitrogen and oxygen atoms in total. The summed E-state index contributed by atoms with van der Waals surface area (Å²) >= 11 is 6.13. The largest absolute Gasteiger partial charge is 0.491 e. The maximum absolute atomic E-state index is 11.8. The number of hydrogen-bond acceptors (Lipinski definition) is 9. The molecule has 0 unspecified atom stereocenters. The van der Waals surface area contributed by atoms with Crippen LogP contribution in [0.3, 0.4) is 0 Å². The van der Waals surface area contributed by atoms with E-state index >= 15 is 0 Å². The van der Waals surface area contributed by atoms with E-state index in [1.54, 1.807) is 11.0 Å². The fraction of sp³-hybridized carbons (Fsp3) is 0.364. The van der Waals surface area contributed by atoms with Crippen LogP contribution in [-0.2, 0) is 26.5 Å². The molecule has 0 bridgehead atoms. The van der Waals surface area contributed by atoms with Gasteiger partial charge in [0, 0.05) is 53.8 Å². The topological polar surface area (TPSA) is 103 Å². The number of nitrogens with one attached hydrogen (secondary N) is 1. The lowest BCUT2D eigenvalue weighted by Crippen LogP contribution is -2.46. The molecule has 2 fully saturated rings. The molecule has 0 radical (unpaired) electrons. The number of carbonyl (C=O) groups is 1. The highest BCUT2D eigenvalue weighted by atomic mass is 35.5. The van der Waals surface area contributed by atoms with Gasteiger partial charge >= 0.3 is 6.09 Å². The van der Waals surface area contributed by atoms with Crippen molar-refractivity contribution in [1.82, 2.24) is 14.8 Å². The van der Waals surface area contributed by atoms with Crippen molar-refractivity contribution in [3.63, 3.8) is 0 Å². The zero-order chi connectivity index (χ0) is 31.1. The fourth-order valence-electron chi connectivity index (χ4n) is 5.47. The first-order valence-corrected chi connectivity index (χ1v) is 15.5. The van der Waals surface area contributed by atoms with Crippen LogP contribution in [0.15, 0.2) is 85.5 Å². The van der Waals surface area contributed by atoms with Crippen LogP contribution in [0, 0.1) is 0 Å². The van der Waals surface area contributed by atoms with Gasteiger partial charge in [-0.2, -0.15) is 5.10 Å². The average Bonchev–Trinajstić information content (AvgIpc) is 3.74. The van der Waals surface area contributed by atoms with Crippen LogP contribution >= 0.6 is 11.6 Å². The second-order valence-corrected chi connectivity index (χ2v) is 11.4. The van der Waals surface area contributed by atoms with Crippen molar-refractivity contribution in [1.29, 1.82) is 0 Å². The Morgan fingerprint density at radius 1 is 0.978 bits per heavy atom. The number of rotatable bonds is 11. The first-order chi connectivity index (χ1) is 22.0. The first kappa shape index (κ1) is 30.7. The standard InChI is InChI=1S/C33H37ClN6O5/c1-2-19-42-32(41)37-27-7-9-28(10-8-27)38-15-17-39(18-16-38)29-11-13-30(14-12-29)43-20-31-21-44-33(45-31,22-40-24-35-23-36-40)25-3-5-26(34)6-4-25/h3-14,23-24,31H,2,15-22H2,1H3,(H,37,41)/t31-,33-/m1/s1. The monoisotopic (exact) mass is 632 g/mol. The van der Waals surface area contributed by atoms with Crippen LogP contribution < -0.4 is 19.9 Å². The Morgan fingerprint density at radius 2 is 1.64 bits per heavy atom. The number of amides is 1. The van der Waals surface area contributed by atoms with Crippen molar-refractivity contribution >= 4 is 34.8 Å². The molecule has 1 aromatic heterocycles. The lowest BCUT2D eigenvalue weighted by Gasteiger charge is -2.37. The number of piperazine rings is 1. The van der Waals surface area contributed by atoms with E-state index in [0.29, 0.717) is 31.4 Å². The van der Waals surface area contributed by atoms with E-state index < -0.39 is 11.9 Å². The second kappa shape index (κ2) is 14.2. The van der Waals surface area contributed by atoms with Crippen LogP contribution in [-0.4, -0.2) is 73.0 Å². The van der Waals surface area contributed by atoms with Crippen LogP contribution in [0.1, 0.15) is 18.9 Å². The zero-order valence-electron chi connectivity index (χ0n) is 25.2. The van der Waals surface area contributed by atoms with E-state index in [2.05, 4.69) is 37.3 Å². The highest BCUT2D eigenvalue weighted by Gasteiger charge is 2.44. The molecular formula is C33H37ClN6O5. The molecular weight excluding hydrogens is 596 g/mol. The SMILES string of the molecule is CCCOC(=O)Nc1ccc(N2CCN(c3ccc(OC[C@@H]4CO[C@@](Cn5cncn5)(c5ccc(Cl)cc5)O4)cc3)CC2)cc1. The van der Waals surface area contributed by atoms with Crippen molar-refractivity contribution in [3.05, 3.63) is 96.0 Å². The molecule has 1 amide bonds. The van der Waals surface area contributed by atoms with Gasteiger partial charge in [0.2, 0.25) is 5.79 Å². The van der Waals surface area contributed by atoms with Crippen LogP contribution in [0.4, 0.5) is 21.9 Å². The quantitative estimate of drug-likeness (QED) is 0.227. The molecule has 3 aromatic carbocycles. The zero-order valence-corrected chi connectivity index (χ0v) is 25.9. The number of halogens is 1. The van der Waals surface area contributed by atoms with E-state index in [4.69, 9.17) is 30.5 Å². The summed E-state index contributed by atoms with van der Waals surface area (Å²) in [5.41, 5.74) is 3.86. The van der Waals surface area contributed by atoms with E-state index in [1.165, 1.54) is 6.33 Å². The van der Waals surface area contributed by atoms with Gasteiger partial charge in [0.15, 0.2) is 0 Å². The third-order valence-electron chi connectivity index (χ3n) is 7.81. The van der Waals surface area contributed by atoms with E-state index in [9.17, 15) is 4.79 Å². The minimum Gasteiger partial charge on any atom is -0.491 e. The van der Waals surface area contributed by atoms with Crippen LogP contribution in [0.2, 0.25) is 5.02 Å². The Balaban J connectivity index is 0.986. The molecule has 45 heavy (non-hydrogen) atoms. The van der Waals surface area contributed by atoms with Gasteiger partial charge in [-0.1, -0.05) is 30.7 Å². The number of ether oxygens (including phenoxy) is 4. The van der Waals surface area contributed by atoms with Crippen molar-refractivity contribution in [3.8, 4) is 5.75 Å². The Morgan fingerprint density at radius 3 is 2.27 bits per heavy atom. The summed E-state index contributed by atoms with van der Waals surface area (Å²) in [6.45, 7) is 7.04. The second-order valence-electron chi connectivity index (χ2n) is 11.0. The van der Waals surface area contributed by atoms with E-state index in [1.807, 2.05) is 67.6 Å². The molecule has 2 atom stereocenters. The average molecular weight is 633 g/mol. The summed E-state index contributed by atoms with van der Waals surface area (Å²) in [6, 6.07) is 23.5. The highest BCUT2D eigenvalue weighted by Crippen LogP contribution is 2.37. The summed E-state index contributed by atoms with van der Waals surface area (Å²) in [5, 5.41) is 7.64. The normalized spacial score (nSPS) is 19.8. The summed E-state index contributed by atoms with van der Waals surface area (Å²) in [7, 11) is 0. The van der Waals surface area contributed by atoms with E-state index in [-0.39, 0.29) is 6.10 Å². The molecule has 4 aromatic rings. The number of nitrogens with zero attached hydrogens (tertiary/aromatic N) is 5. The number of anilines is 3. The molecule has 0 saturated carbocycles. The summed E-state index contributed by atoms with van der Waals surface area (Å²) in [4.78, 5) is 20.6. The molecule has 12 heteroatoms. The van der Waals surface area contributed by atoms with Gasteiger partial charge in [-0.15, -0.1) is 0 Å². The molecule has 3 heterocycles. The third-order valence-corrected chi connectivity index (χ3v) is 8.07. The Labute approximate surface area is 267 Å². The van der Waals surface area contributed by atoms with Crippen molar-refractivity contribution in [2.75, 3.05) is 61.1 Å². The first-order valence-electron chi connectivity index (χ1n) is 15.2. The molecule has 1 N–H and O–H groups in total. The van der Waals surface area contributed by atoms with Gasteiger partial charge in [0.05, 0.1) is 13.2 Å². The Hall–Kier alpha value is -4.32. The molecule has 0 spiro atoms. The summed E-state index contributed by atoms with van der Waals surface area (Å²) in [5.74, 6) is -0.243. The Bertz CT molecular complexity index is 1510. The number of hydrogen-bond donors (Lipinski definition) is 1. The van der Waals surface area contributed by atoms with Gasteiger partial charge in [0.1, 0.15) is 37.7 Å². The van der Waals surface area contributed by atoms with Gasteiger partial charge in [-0.3, -0.25) is 5.32 Å². The molecule has 6 rings (SSSR count). The minimum atomic E-state index is -1.01. The number of aromatic nitrogens is 3. The minimum absolute atomic E-state index is 0.267. The maximum atomic E-state index is 11.8. The predicted molar refractivity (Wildman–Crippen MR) is 172 cm³/mol. The number of carbonyl (C=O) groups excluding carboxylic acids is 1. The van der Waals surface area contributed by atoms with Crippen molar-refractivity contribution < 1.29 is 23.7 Å². The van der Waals surface area contributed by atoms with Crippen LogP contribution in [0.25, 0.3) is 0 Å². The van der Waals surface area contributed by atoms with Crippen LogP contribution in [0.5, 0.6) is 5.75 Å². The van der Waals surface area contributed by atoms with Crippen molar-refractivity contribution in [2.24, 2.45) is 0 Å². The maximum Gasteiger partial charge on any atom is 0.411 e. The third kappa shape index (κ3) is 7.67. The predicted octanol–water partition coefficient (Wildman–Crippen LogP) is 5.56. The Kier molecular flexibility index (Phi) is 9.68. The lowest BCUT2D eigenvalue weighted by molar-refractivity contribution is -0.190. The lowest BCUT2D eigenvalue weighted by atomic mass is 10.1. The smallest absolute Gasteiger partial charge is 0.411 e. The summed E-state index contributed by atoms with van der Waals surface area (Å²) < 4.78 is 25.6. The van der Waals surface area contributed by atoms with E-state index in [0.717, 1.165) is 61.0 Å². The molecule has 2 aliphatic rings. The molecule has 2 aliphatic heterocycles. The number of benzene rings is 3. The summed E-state index contributed by atoms with van der Waals surface area (Å²) in [6.07, 6.45) is 3.23. The van der Waals surface area contributed by atoms with Gasteiger partial charge in [-0.25, -0.2) is 14.5 Å². The molecule has 236 valence electrons. The van der Waals surface area contributed by atoms with Crippen molar-refractivity contribution in [2.45, 2.75) is 31.8 Å². The van der Waals surface area contributed by atoms with Gasteiger partial charge in [-0.05, 0) is 67.1 Å². The van der Waals surface area contributed by atoms with Gasteiger partial charge in [0.25, 0.3) is 0 Å². The molecule has 0 aliphatic carbocycles.